The minimum absolute atomic E-state index is 0.644. The Morgan fingerprint density at radius 3 is 2.67 bits per heavy atom. The van der Waals surface area contributed by atoms with Gasteiger partial charge < -0.3 is 14.6 Å². The van der Waals surface area contributed by atoms with Crippen molar-refractivity contribution in [2.24, 2.45) is 0 Å². The molecule has 0 unspecified atom stereocenters. The van der Waals surface area contributed by atoms with Crippen molar-refractivity contribution in [3.63, 3.8) is 0 Å². The van der Waals surface area contributed by atoms with Crippen molar-refractivity contribution < 1.29 is 0 Å². The fourth-order valence-corrected chi connectivity index (χ4v) is 4.90. The summed E-state index contributed by atoms with van der Waals surface area (Å²) in [6, 6.07) is 10.7. The highest BCUT2D eigenvalue weighted by molar-refractivity contribution is 9.10. The van der Waals surface area contributed by atoms with Gasteiger partial charge in [0.05, 0.1) is 0 Å². The molecule has 27 heavy (non-hydrogen) atoms. The predicted molar refractivity (Wildman–Crippen MR) is 112 cm³/mol. The summed E-state index contributed by atoms with van der Waals surface area (Å²) in [5, 5.41) is 3.40. The summed E-state index contributed by atoms with van der Waals surface area (Å²) in [5.74, 6) is 0.745. The van der Waals surface area contributed by atoms with E-state index in [0.29, 0.717) is 18.1 Å². The van der Waals surface area contributed by atoms with Gasteiger partial charge in [0.1, 0.15) is 4.60 Å². The molecule has 0 aliphatic carbocycles. The molecule has 2 fully saturated rings. The van der Waals surface area contributed by atoms with Gasteiger partial charge in [-0.15, -0.1) is 0 Å². The fraction of sp³-hybridized carbons (Fsp3) is 0.400. The monoisotopic (exact) mass is 426 g/mol. The van der Waals surface area contributed by atoms with Gasteiger partial charge in [0.2, 0.25) is 0 Å². The number of halogens is 1. The summed E-state index contributed by atoms with van der Waals surface area (Å²) < 4.78 is 2.73. The second kappa shape index (κ2) is 6.49. The zero-order valence-electron chi connectivity index (χ0n) is 15.5. The van der Waals surface area contributed by atoms with Crippen LogP contribution in [0.15, 0.2) is 47.5 Å². The van der Waals surface area contributed by atoms with Gasteiger partial charge in [0.15, 0.2) is 11.5 Å². The molecule has 2 aliphatic rings. The molecule has 1 aromatic carbocycles. The zero-order chi connectivity index (χ0) is 18.5. The highest BCUT2D eigenvalue weighted by Gasteiger charge is 2.43. The Morgan fingerprint density at radius 1 is 1.15 bits per heavy atom. The molecule has 140 valence electrons. The van der Waals surface area contributed by atoms with E-state index in [0.717, 1.165) is 28.3 Å². The Kier molecular flexibility index (Phi) is 4.09. The normalized spacial score (nSPS) is 22.3. The van der Waals surface area contributed by atoms with Crippen LogP contribution in [0.25, 0.3) is 5.65 Å². The van der Waals surface area contributed by atoms with Gasteiger partial charge in [-0.3, -0.25) is 4.90 Å². The molecular formula is C20H23BrN6. The van der Waals surface area contributed by atoms with Gasteiger partial charge in [-0.1, -0.05) is 0 Å². The van der Waals surface area contributed by atoms with Crippen molar-refractivity contribution in [1.29, 1.82) is 0 Å². The van der Waals surface area contributed by atoms with E-state index >= 15 is 0 Å². The average Bonchev–Trinajstić information content (AvgIpc) is 3.37. The largest absolute Gasteiger partial charge is 0.366 e. The van der Waals surface area contributed by atoms with Crippen molar-refractivity contribution in [2.45, 2.75) is 38.4 Å². The van der Waals surface area contributed by atoms with E-state index in [1.165, 1.54) is 18.7 Å². The molecule has 7 heteroatoms. The van der Waals surface area contributed by atoms with Gasteiger partial charge in [0.25, 0.3) is 0 Å². The van der Waals surface area contributed by atoms with Gasteiger partial charge in [-0.2, -0.15) is 0 Å². The molecule has 0 saturated carbocycles. The maximum absolute atomic E-state index is 4.53. The number of nitrogens with one attached hydrogen (secondary N) is 1. The Balaban J connectivity index is 1.33. The van der Waals surface area contributed by atoms with E-state index in [9.17, 15) is 0 Å². The molecule has 2 bridgehead atoms. The number of anilines is 3. The molecule has 2 atom stereocenters. The molecule has 4 heterocycles. The zero-order valence-corrected chi connectivity index (χ0v) is 17.1. The third-order valence-electron chi connectivity index (χ3n) is 5.75. The molecule has 0 amide bonds. The molecule has 2 aliphatic heterocycles. The molecule has 0 radical (unpaired) electrons. The number of hydrogen-bond acceptors (Lipinski definition) is 5. The van der Waals surface area contributed by atoms with E-state index in [1.54, 1.807) is 6.20 Å². The first-order valence-electron chi connectivity index (χ1n) is 9.47. The summed E-state index contributed by atoms with van der Waals surface area (Å²) in [6.07, 6.45) is 6.89. The molecule has 1 N–H and O–H groups in total. The number of benzene rings is 1. The summed E-state index contributed by atoms with van der Waals surface area (Å²) >= 11 is 3.46. The maximum Gasteiger partial charge on any atom is 0.180 e. The molecule has 2 saturated heterocycles. The summed E-state index contributed by atoms with van der Waals surface area (Å²) in [4.78, 5) is 14.1. The SMILES string of the molecule is CC(C)N1C[C@H]2C[C@@H]1CN2c1ccc(Nc2nc(Br)cn3ccnc23)cc1. The minimum Gasteiger partial charge on any atom is -0.366 e. The van der Waals surface area contributed by atoms with Crippen molar-refractivity contribution >= 4 is 38.8 Å². The van der Waals surface area contributed by atoms with Gasteiger partial charge in [0, 0.05) is 61.2 Å². The number of rotatable bonds is 4. The summed E-state index contributed by atoms with van der Waals surface area (Å²) in [5.41, 5.74) is 3.14. The van der Waals surface area contributed by atoms with Gasteiger partial charge in [-0.25, -0.2) is 9.97 Å². The average molecular weight is 427 g/mol. The van der Waals surface area contributed by atoms with Crippen molar-refractivity contribution in [1.82, 2.24) is 19.3 Å². The number of imidazole rings is 1. The summed E-state index contributed by atoms with van der Waals surface area (Å²) in [7, 11) is 0. The minimum atomic E-state index is 0.644. The third-order valence-corrected chi connectivity index (χ3v) is 6.13. The highest BCUT2D eigenvalue weighted by atomic mass is 79.9. The van der Waals surface area contributed by atoms with Gasteiger partial charge >= 0.3 is 0 Å². The molecule has 6 nitrogen and oxygen atoms in total. The quantitative estimate of drug-likeness (QED) is 0.685. The van der Waals surface area contributed by atoms with Crippen LogP contribution in [0.1, 0.15) is 20.3 Å². The number of likely N-dealkylation sites (tertiary alicyclic amines) is 1. The predicted octanol–water partition coefficient (Wildman–Crippen LogP) is 3.91. The second-order valence-electron chi connectivity index (χ2n) is 7.73. The lowest BCUT2D eigenvalue weighted by atomic mass is 10.2. The summed E-state index contributed by atoms with van der Waals surface area (Å²) in [6.45, 7) is 6.93. The number of nitrogens with zero attached hydrogens (tertiary/aromatic N) is 5. The Labute approximate surface area is 167 Å². The Bertz CT molecular complexity index is 966. The Morgan fingerprint density at radius 2 is 1.96 bits per heavy atom. The first-order chi connectivity index (χ1) is 13.1. The van der Waals surface area contributed by atoms with E-state index in [-0.39, 0.29) is 0 Å². The van der Waals surface area contributed by atoms with Crippen molar-refractivity contribution in [3.8, 4) is 0 Å². The number of piperazine rings is 1. The maximum atomic E-state index is 4.53. The lowest BCUT2D eigenvalue weighted by Gasteiger charge is -2.37. The number of hydrogen-bond donors (Lipinski definition) is 1. The van der Waals surface area contributed by atoms with Crippen LogP contribution in [0.3, 0.4) is 0 Å². The van der Waals surface area contributed by atoms with Crippen LogP contribution >= 0.6 is 15.9 Å². The topological polar surface area (TPSA) is 48.7 Å². The van der Waals surface area contributed by atoms with Crippen LogP contribution in [0, 0.1) is 0 Å². The Hall–Kier alpha value is -2.12. The van der Waals surface area contributed by atoms with E-state index in [1.807, 2.05) is 16.8 Å². The number of fused-ring (bicyclic) bond motifs is 3. The first kappa shape index (κ1) is 17.0. The van der Waals surface area contributed by atoms with E-state index in [4.69, 9.17) is 0 Å². The van der Waals surface area contributed by atoms with Crippen LogP contribution < -0.4 is 10.2 Å². The smallest absolute Gasteiger partial charge is 0.180 e. The van der Waals surface area contributed by atoms with Crippen LogP contribution in [0.5, 0.6) is 0 Å². The molecule has 5 rings (SSSR count). The van der Waals surface area contributed by atoms with Crippen LogP contribution in [0.2, 0.25) is 0 Å². The van der Waals surface area contributed by atoms with Crippen molar-refractivity contribution in [2.75, 3.05) is 23.3 Å². The standard InChI is InChI=1S/C20H23BrN6/c1-13(2)26-10-17-9-16(26)11-27(17)15-5-3-14(4-6-15)23-19-20-22-7-8-25(20)12-18(21)24-19/h3-8,12-13,16-17H,9-11H2,1-2H3,(H,23,24)/t16-,17-/m1/s1. The molecule has 0 spiro atoms. The highest BCUT2D eigenvalue weighted by Crippen LogP contribution is 2.36. The second-order valence-corrected chi connectivity index (χ2v) is 8.54. The molecular weight excluding hydrogens is 404 g/mol. The lowest BCUT2D eigenvalue weighted by Crippen LogP contribution is -2.48. The van der Waals surface area contributed by atoms with Gasteiger partial charge in [-0.05, 0) is 60.5 Å². The van der Waals surface area contributed by atoms with Crippen LogP contribution in [-0.2, 0) is 0 Å². The fourth-order valence-electron chi connectivity index (χ4n) is 4.50. The molecule has 3 aromatic rings. The molecule has 2 aromatic heterocycles. The van der Waals surface area contributed by atoms with Crippen LogP contribution in [-0.4, -0.2) is 50.5 Å². The van der Waals surface area contributed by atoms with E-state index < -0.39 is 0 Å². The van der Waals surface area contributed by atoms with Crippen LogP contribution in [0.4, 0.5) is 17.2 Å². The van der Waals surface area contributed by atoms with E-state index in [2.05, 4.69) is 79.1 Å². The first-order valence-corrected chi connectivity index (χ1v) is 10.3. The third kappa shape index (κ3) is 2.99. The van der Waals surface area contributed by atoms with Crippen molar-refractivity contribution in [3.05, 3.63) is 47.5 Å². The lowest BCUT2D eigenvalue weighted by molar-refractivity contribution is 0.191. The number of aromatic nitrogens is 3.